The van der Waals surface area contributed by atoms with E-state index in [4.69, 9.17) is 0 Å². The molecule has 2 aromatic carbocycles. The van der Waals surface area contributed by atoms with E-state index in [1.54, 1.807) is 0 Å². The van der Waals surface area contributed by atoms with Crippen molar-refractivity contribution in [1.29, 1.82) is 0 Å². The molecule has 0 fully saturated rings. The second-order valence-electron chi connectivity index (χ2n) is 8.27. The van der Waals surface area contributed by atoms with Crippen molar-refractivity contribution in [3.63, 3.8) is 0 Å². The molecule has 0 heterocycles. The lowest BCUT2D eigenvalue weighted by molar-refractivity contribution is 0.372. The number of benzene rings is 2. The average molecular weight is 309 g/mol. The second kappa shape index (κ2) is 6.51. The van der Waals surface area contributed by atoms with Gasteiger partial charge in [-0.05, 0) is 45.4 Å². The van der Waals surface area contributed by atoms with Crippen LogP contribution < -0.4 is 0 Å². The Morgan fingerprint density at radius 1 is 0.696 bits per heavy atom. The molecule has 0 unspecified atom stereocenters. The first kappa shape index (κ1) is 17.8. The zero-order valence-electron chi connectivity index (χ0n) is 15.9. The van der Waals surface area contributed by atoms with Crippen LogP contribution in [0.4, 0.5) is 0 Å². The van der Waals surface area contributed by atoms with Gasteiger partial charge in [0.15, 0.2) is 0 Å². The van der Waals surface area contributed by atoms with Gasteiger partial charge in [-0.25, -0.2) is 0 Å². The zero-order valence-corrected chi connectivity index (χ0v) is 15.9. The Hall–Kier alpha value is -1.56. The van der Waals surface area contributed by atoms with Crippen molar-refractivity contribution in [3.05, 3.63) is 59.7 Å². The largest absolute Gasteiger partial charge is 0.0646 e. The van der Waals surface area contributed by atoms with Gasteiger partial charge in [0.25, 0.3) is 0 Å². The van der Waals surface area contributed by atoms with Crippen LogP contribution >= 0.6 is 0 Å². The number of hydrogen-bond donors (Lipinski definition) is 0. The lowest BCUT2D eigenvalue weighted by Crippen LogP contribution is -2.24. The highest BCUT2D eigenvalue weighted by molar-refractivity contribution is 5.64. The second-order valence-corrected chi connectivity index (χ2v) is 8.27. The molecular formula is C23H32. The van der Waals surface area contributed by atoms with Gasteiger partial charge < -0.3 is 0 Å². The highest BCUT2D eigenvalue weighted by atomic mass is 14.3. The molecule has 0 spiro atoms. The van der Waals surface area contributed by atoms with Gasteiger partial charge in [0.05, 0.1) is 0 Å². The van der Waals surface area contributed by atoms with E-state index < -0.39 is 0 Å². The van der Waals surface area contributed by atoms with Gasteiger partial charge in [0.2, 0.25) is 0 Å². The molecule has 0 amide bonds. The summed E-state index contributed by atoms with van der Waals surface area (Å²) >= 11 is 0. The molecule has 0 saturated heterocycles. The van der Waals surface area contributed by atoms with E-state index in [0.29, 0.717) is 5.92 Å². The number of rotatable bonds is 5. The molecule has 2 rings (SSSR count). The van der Waals surface area contributed by atoms with E-state index in [-0.39, 0.29) is 10.8 Å². The fourth-order valence-electron chi connectivity index (χ4n) is 2.74. The summed E-state index contributed by atoms with van der Waals surface area (Å²) in [5, 5.41) is 0. The third-order valence-electron chi connectivity index (χ3n) is 5.96. The van der Waals surface area contributed by atoms with Gasteiger partial charge in [0.1, 0.15) is 0 Å². The van der Waals surface area contributed by atoms with Crippen molar-refractivity contribution >= 4 is 0 Å². The summed E-state index contributed by atoms with van der Waals surface area (Å²) in [6.45, 7) is 16.1. The summed E-state index contributed by atoms with van der Waals surface area (Å²) in [7, 11) is 0. The van der Waals surface area contributed by atoms with Crippen LogP contribution in [0.3, 0.4) is 0 Å². The van der Waals surface area contributed by atoms with Gasteiger partial charge in [-0.3, -0.25) is 0 Å². The molecule has 0 aromatic heterocycles. The minimum Gasteiger partial charge on any atom is -0.0646 e. The first-order valence-corrected chi connectivity index (χ1v) is 8.90. The van der Waals surface area contributed by atoms with Crippen molar-refractivity contribution in [3.8, 4) is 11.1 Å². The van der Waals surface area contributed by atoms with E-state index >= 15 is 0 Å². The third-order valence-corrected chi connectivity index (χ3v) is 5.96. The summed E-state index contributed by atoms with van der Waals surface area (Å²) in [4.78, 5) is 0. The highest BCUT2D eigenvalue weighted by Crippen LogP contribution is 2.33. The van der Waals surface area contributed by atoms with Crippen molar-refractivity contribution in [2.45, 2.75) is 65.7 Å². The minimum atomic E-state index is 0.216. The first-order chi connectivity index (χ1) is 10.7. The van der Waals surface area contributed by atoms with Gasteiger partial charge in [0, 0.05) is 0 Å². The highest BCUT2D eigenvalue weighted by Gasteiger charge is 2.24. The molecule has 2 aromatic rings. The smallest absolute Gasteiger partial charge is 0.00806 e. The van der Waals surface area contributed by atoms with Crippen molar-refractivity contribution in [2.75, 3.05) is 0 Å². The van der Waals surface area contributed by atoms with Gasteiger partial charge >= 0.3 is 0 Å². The molecule has 124 valence electrons. The molecule has 0 atom stereocenters. The van der Waals surface area contributed by atoms with Gasteiger partial charge in [-0.2, -0.15) is 0 Å². The van der Waals surface area contributed by atoms with Crippen LogP contribution in [-0.2, 0) is 10.8 Å². The summed E-state index contributed by atoms with van der Waals surface area (Å²) in [6.07, 6.45) is 1.16. The third kappa shape index (κ3) is 3.68. The normalized spacial score (nSPS) is 12.7. The van der Waals surface area contributed by atoms with Crippen LogP contribution in [0.2, 0.25) is 0 Å². The maximum absolute atomic E-state index is 2.33. The van der Waals surface area contributed by atoms with Crippen LogP contribution in [-0.4, -0.2) is 0 Å². The minimum absolute atomic E-state index is 0.216. The molecule has 0 N–H and O–H groups in total. The Labute approximate surface area is 143 Å². The van der Waals surface area contributed by atoms with Crippen LogP contribution in [0.15, 0.2) is 48.5 Å². The maximum atomic E-state index is 2.33. The monoisotopic (exact) mass is 308 g/mol. The topological polar surface area (TPSA) is 0 Å². The van der Waals surface area contributed by atoms with E-state index in [2.05, 4.69) is 97.0 Å². The SMILES string of the molecule is CCC(C)(C)c1ccc(-c2ccc(C(C)(C)C(C)C)cc2)cc1. The lowest BCUT2D eigenvalue weighted by atomic mass is 9.75. The maximum Gasteiger partial charge on any atom is -0.00806 e. The molecule has 0 aliphatic heterocycles. The van der Waals surface area contributed by atoms with E-state index in [1.807, 2.05) is 0 Å². The predicted octanol–water partition coefficient (Wildman–Crippen LogP) is 6.97. The fraction of sp³-hybridized carbons (Fsp3) is 0.478. The Bertz CT molecular complexity index is 625. The van der Waals surface area contributed by atoms with Gasteiger partial charge in [-0.15, -0.1) is 0 Å². The molecular weight excluding hydrogens is 276 g/mol. The van der Waals surface area contributed by atoms with E-state index in [9.17, 15) is 0 Å². The Balaban J connectivity index is 2.27. The van der Waals surface area contributed by atoms with Crippen molar-refractivity contribution in [2.24, 2.45) is 5.92 Å². The first-order valence-electron chi connectivity index (χ1n) is 8.90. The van der Waals surface area contributed by atoms with E-state index in [0.717, 1.165) is 6.42 Å². The van der Waals surface area contributed by atoms with Crippen molar-refractivity contribution < 1.29 is 0 Å². The number of hydrogen-bond acceptors (Lipinski definition) is 0. The molecule has 0 nitrogen and oxygen atoms in total. The quantitative estimate of drug-likeness (QED) is 0.559. The van der Waals surface area contributed by atoms with Gasteiger partial charge in [-0.1, -0.05) is 97.0 Å². The molecule has 0 aliphatic carbocycles. The standard InChI is InChI=1S/C23H32/c1-8-22(4,5)20-13-9-18(10-14-20)19-11-15-21(16-12-19)23(6,7)17(2)3/h9-17H,8H2,1-7H3. The summed E-state index contributed by atoms with van der Waals surface area (Å²) in [5.41, 5.74) is 5.90. The Kier molecular flexibility index (Phi) is 5.04. The lowest BCUT2D eigenvalue weighted by Gasteiger charge is -2.30. The van der Waals surface area contributed by atoms with Crippen molar-refractivity contribution in [1.82, 2.24) is 0 Å². The summed E-state index contributed by atoms with van der Waals surface area (Å²) in [6, 6.07) is 18.2. The molecule has 0 radical (unpaired) electrons. The Morgan fingerprint density at radius 2 is 1.09 bits per heavy atom. The van der Waals surface area contributed by atoms with Crippen LogP contribution in [0.1, 0.15) is 66.0 Å². The predicted molar refractivity (Wildman–Crippen MR) is 103 cm³/mol. The summed E-state index contributed by atoms with van der Waals surface area (Å²) < 4.78 is 0. The molecule has 0 bridgehead atoms. The zero-order chi connectivity index (χ0) is 17.3. The summed E-state index contributed by atoms with van der Waals surface area (Å²) in [5.74, 6) is 0.629. The molecule has 0 aliphatic rings. The average Bonchev–Trinajstić information content (AvgIpc) is 2.55. The van der Waals surface area contributed by atoms with E-state index in [1.165, 1.54) is 22.3 Å². The fourth-order valence-corrected chi connectivity index (χ4v) is 2.74. The van der Waals surface area contributed by atoms with Crippen LogP contribution in [0.25, 0.3) is 11.1 Å². The molecule has 23 heavy (non-hydrogen) atoms. The van der Waals surface area contributed by atoms with Crippen LogP contribution in [0, 0.1) is 5.92 Å². The Morgan fingerprint density at radius 3 is 1.43 bits per heavy atom. The molecule has 0 heteroatoms. The molecule has 0 saturated carbocycles. The van der Waals surface area contributed by atoms with Crippen LogP contribution in [0.5, 0.6) is 0 Å².